The Morgan fingerprint density at radius 3 is 2.72 bits per heavy atom. The highest BCUT2D eigenvalue weighted by Crippen LogP contribution is 2.33. The first-order valence-electron chi connectivity index (χ1n) is 7.96. The van der Waals surface area contributed by atoms with Crippen LogP contribution >= 0.6 is 0 Å². The van der Waals surface area contributed by atoms with Crippen LogP contribution in [0.5, 0.6) is 5.75 Å². The maximum Gasteiger partial charge on any atom is 0.268 e. The molecule has 2 amide bonds. The number of carbonyl (C=O) groups is 2. The van der Waals surface area contributed by atoms with Gasteiger partial charge in [0.15, 0.2) is 6.10 Å². The van der Waals surface area contributed by atoms with E-state index >= 15 is 0 Å². The number of hydrogen-bond donors (Lipinski definition) is 1. The summed E-state index contributed by atoms with van der Waals surface area (Å²) in [6.45, 7) is 1.59. The van der Waals surface area contributed by atoms with Gasteiger partial charge in [0.2, 0.25) is 5.91 Å². The molecule has 0 radical (unpaired) electrons. The minimum atomic E-state index is -0.622. The average molecular weight is 340 g/mol. The van der Waals surface area contributed by atoms with Crippen molar-refractivity contribution >= 4 is 29.0 Å². The summed E-state index contributed by atoms with van der Waals surface area (Å²) in [5.41, 5.74) is 1.18. The fourth-order valence-corrected chi connectivity index (χ4v) is 2.59. The van der Waals surface area contributed by atoms with Crippen LogP contribution in [0.2, 0.25) is 0 Å². The van der Waals surface area contributed by atoms with Crippen LogP contribution in [-0.2, 0) is 9.59 Å². The second-order valence-corrected chi connectivity index (χ2v) is 6.00. The van der Waals surface area contributed by atoms with Crippen LogP contribution in [0, 0.1) is 0 Å². The summed E-state index contributed by atoms with van der Waals surface area (Å²) in [6.07, 6.45) is 0.967. The van der Waals surface area contributed by atoms with Gasteiger partial charge < -0.3 is 15.0 Å². The van der Waals surface area contributed by atoms with Gasteiger partial charge in [-0.05, 0) is 31.2 Å². The van der Waals surface area contributed by atoms with E-state index in [4.69, 9.17) is 4.74 Å². The van der Waals surface area contributed by atoms with Crippen molar-refractivity contribution in [3.05, 3.63) is 42.6 Å². The van der Waals surface area contributed by atoms with Crippen LogP contribution in [-0.4, -0.2) is 43.5 Å². The maximum absolute atomic E-state index is 12.4. The Morgan fingerprint density at radius 1 is 1.28 bits per heavy atom. The summed E-state index contributed by atoms with van der Waals surface area (Å²) in [7, 11) is 3.78. The number of ether oxygens (including phenoxy) is 1. The lowest BCUT2D eigenvalue weighted by Crippen LogP contribution is -2.47. The lowest BCUT2D eigenvalue weighted by Gasteiger charge is -2.32. The first-order chi connectivity index (χ1) is 12.0. The standard InChI is InChI=1S/C18H20N4O3/c1-12-18(24)22(14-6-4-5-7-15(14)25-12)11-17(23)20-13-8-9-16(19-10-13)21(2)3/h4-10,12H,11H2,1-3H3,(H,20,23). The summed E-state index contributed by atoms with van der Waals surface area (Å²) in [5.74, 6) is 0.857. The molecular formula is C18H20N4O3. The molecule has 130 valence electrons. The second-order valence-electron chi connectivity index (χ2n) is 6.00. The van der Waals surface area contributed by atoms with E-state index in [0.29, 0.717) is 17.1 Å². The van der Waals surface area contributed by atoms with Gasteiger partial charge in [-0.15, -0.1) is 0 Å². The Bertz CT molecular complexity index is 789. The summed E-state index contributed by atoms with van der Waals surface area (Å²) in [5, 5.41) is 2.77. The van der Waals surface area contributed by atoms with Gasteiger partial charge in [-0.1, -0.05) is 12.1 Å². The number of hydrogen-bond acceptors (Lipinski definition) is 5. The number of para-hydroxylation sites is 2. The zero-order chi connectivity index (χ0) is 18.0. The lowest BCUT2D eigenvalue weighted by atomic mass is 10.2. The molecule has 1 aromatic carbocycles. The molecule has 0 fully saturated rings. The number of pyridine rings is 1. The summed E-state index contributed by atoms with van der Waals surface area (Å²) in [6, 6.07) is 10.8. The van der Waals surface area contributed by atoms with Crippen molar-refractivity contribution in [1.82, 2.24) is 4.98 Å². The molecule has 0 saturated heterocycles. The lowest BCUT2D eigenvalue weighted by molar-refractivity contribution is -0.127. The molecule has 1 unspecified atom stereocenters. The van der Waals surface area contributed by atoms with E-state index in [9.17, 15) is 9.59 Å². The molecule has 1 N–H and O–H groups in total. The number of fused-ring (bicyclic) bond motifs is 1. The predicted octanol–water partition coefficient (Wildman–Crippen LogP) is 1.90. The van der Waals surface area contributed by atoms with Gasteiger partial charge in [-0.3, -0.25) is 14.5 Å². The Morgan fingerprint density at radius 2 is 2.04 bits per heavy atom. The van der Waals surface area contributed by atoms with Gasteiger partial charge in [-0.2, -0.15) is 0 Å². The highest BCUT2D eigenvalue weighted by molar-refractivity contribution is 6.06. The number of rotatable bonds is 4. The second kappa shape index (κ2) is 6.80. The molecule has 1 aliphatic rings. The highest BCUT2D eigenvalue weighted by atomic mass is 16.5. The van der Waals surface area contributed by atoms with Crippen molar-refractivity contribution in [2.24, 2.45) is 0 Å². The van der Waals surface area contributed by atoms with Crippen LogP contribution in [0.15, 0.2) is 42.6 Å². The number of benzene rings is 1. The zero-order valence-electron chi connectivity index (χ0n) is 14.4. The van der Waals surface area contributed by atoms with Gasteiger partial charge in [0.25, 0.3) is 5.91 Å². The molecule has 2 aromatic rings. The maximum atomic E-state index is 12.4. The van der Waals surface area contributed by atoms with E-state index in [2.05, 4.69) is 10.3 Å². The van der Waals surface area contributed by atoms with Crippen LogP contribution in [0.3, 0.4) is 0 Å². The minimum absolute atomic E-state index is 0.0843. The quantitative estimate of drug-likeness (QED) is 0.920. The Kier molecular flexibility index (Phi) is 4.56. The van der Waals surface area contributed by atoms with Crippen molar-refractivity contribution in [2.75, 3.05) is 35.8 Å². The van der Waals surface area contributed by atoms with Gasteiger partial charge in [-0.25, -0.2) is 4.98 Å². The molecule has 7 heteroatoms. The minimum Gasteiger partial charge on any atom is -0.479 e. The molecule has 25 heavy (non-hydrogen) atoms. The third-order valence-electron chi connectivity index (χ3n) is 3.87. The summed E-state index contributed by atoms with van der Waals surface area (Å²) >= 11 is 0. The van der Waals surface area contributed by atoms with Gasteiger partial charge in [0.05, 0.1) is 17.6 Å². The van der Waals surface area contributed by atoms with E-state index in [-0.39, 0.29) is 18.4 Å². The Balaban J connectivity index is 1.73. The van der Waals surface area contributed by atoms with E-state index in [1.807, 2.05) is 31.1 Å². The molecule has 0 aliphatic carbocycles. The van der Waals surface area contributed by atoms with Gasteiger partial charge in [0.1, 0.15) is 18.1 Å². The van der Waals surface area contributed by atoms with E-state index in [1.165, 1.54) is 4.90 Å². The normalized spacial score (nSPS) is 16.0. The third kappa shape index (κ3) is 3.55. The number of nitrogens with zero attached hydrogens (tertiary/aromatic N) is 3. The zero-order valence-corrected chi connectivity index (χ0v) is 14.4. The smallest absolute Gasteiger partial charge is 0.268 e. The predicted molar refractivity (Wildman–Crippen MR) is 96.1 cm³/mol. The van der Waals surface area contributed by atoms with Crippen LogP contribution in [0.1, 0.15) is 6.92 Å². The number of aromatic nitrogens is 1. The largest absolute Gasteiger partial charge is 0.479 e. The number of amides is 2. The topological polar surface area (TPSA) is 74.8 Å². The van der Waals surface area contributed by atoms with Crippen molar-refractivity contribution in [3.63, 3.8) is 0 Å². The molecule has 1 atom stereocenters. The molecule has 3 rings (SSSR count). The first kappa shape index (κ1) is 16.8. The molecule has 1 aromatic heterocycles. The molecule has 0 bridgehead atoms. The number of nitrogens with one attached hydrogen (secondary N) is 1. The average Bonchev–Trinajstić information content (AvgIpc) is 2.59. The first-order valence-corrected chi connectivity index (χ1v) is 7.96. The molecule has 0 saturated carbocycles. The number of anilines is 3. The third-order valence-corrected chi connectivity index (χ3v) is 3.87. The molecule has 0 spiro atoms. The fraction of sp³-hybridized carbons (Fsp3) is 0.278. The fourth-order valence-electron chi connectivity index (χ4n) is 2.59. The van der Waals surface area contributed by atoms with Crippen molar-refractivity contribution in [3.8, 4) is 5.75 Å². The Hall–Kier alpha value is -3.09. The summed E-state index contributed by atoms with van der Waals surface area (Å²) < 4.78 is 5.57. The van der Waals surface area contributed by atoms with E-state index in [0.717, 1.165) is 5.82 Å². The Labute approximate surface area is 146 Å². The summed E-state index contributed by atoms with van der Waals surface area (Å²) in [4.78, 5) is 32.3. The van der Waals surface area contributed by atoms with E-state index in [1.54, 1.807) is 37.4 Å². The highest BCUT2D eigenvalue weighted by Gasteiger charge is 2.32. The van der Waals surface area contributed by atoms with Crippen LogP contribution in [0.25, 0.3) is 0 Å². The SMILES string of the molecule is CC1Oc2ccccc2N(CC(=O)Nc2ccc(N(C)C)nc2)C1=O. The number of carbonyl (C=O) groups excluding carboxylic acids is 2. The molecular weight excluding hydrogens is 320 g/mol. The van der Waals surface area contributed by atoms with Crippen molar-refractivity contribution in [2.45, 2.75) is 13.0 Å². The van der Waals surface area contributed by atoms with E-state index < -0.39 is 6.10 Å². The van der Waals surface area contributed by atoms with Gasteiger partial charge >= 0.3 is 0 Å². The molecule has 1 aliphatic heterocycles. The van der Waals surface area contributed by atoms with Crippen LogP contribution < -0.4 is 19.9 Å². The monoisotopic (exact) mass is 340 g/mol. The van der Waals surface area contributed by atoms with Crippen molar-refractivity contribution < 1.29 is 14.3 Å². The van der Waals surface area contributed by atoms with Gasteiger partial charge in [0, 0.05) is 14.1 Å². The molecule has 2 heterocycles. The van der Waals surface area contributed by atoms with Crippen molar-refractivity contribution in [1.29, 1.82) is 0 Å². The molecule has 7 nitrogen and oxygen atoms in total. The van der Waals surface area contributed by atoms with Crippen LogP contribution in [0.4, 0.5) is 17.2 Å².